The molecule has 1 aliphatic rings. The molecular weight excluding hydrogens is 264 g/mol. The minimum Gasteiger partial charge on any atom is -0.481 e. The van der Waals surface area contributed by atoms with Crippen molar-refractivity contribution in [2.45, 2.75) is 51.5 Å². The highest BCUT2D eigenvalue weighted by molar-refractivity contribution is 5.71. The molecule has 3 N–H and O–H groups in total. The Morgan fingerprint density at radius 2 is 2.14 bits per heavy atom. The first-order chi connectivity index (χ1) is 10.1. The molecule has 1 aromatic rings. The zero-order valence-electron chi connectivity index (χ0n) is 12.8. The SMILES string of the molecule is CCC1CCCC(N(CCC(=O)O)c2ccccc2N)C1. The summed E-state index contributed by atoms with van der Waals surface area (Å²) in [6.07, 6.45) is 6.15. The summed E-state index contributed by atoms with van der Waals surface area (Å²) in [5.41, 5.74) is 7.84. The fourth-order valence-electron chi connectivity index (χ4n) is 3.38. The van der Waals surface area contributed by atoms with Crippen LogP contribution in [0.1, 0.15) is 45.4 Å². The van der Waals surface area contributed by atoms with Gasteiger partial charge in [0.25, 0.3) is 0 Å². The topological polar surface area (TPSA) is 66.6 Å². The van der Waals surface area contributed by atoms with Crippen LogP contribution >= 0.6 is 0 Å². The quantitative estimate of drug-likeness (QED) is 0.787. The highest BCUT2D eigenvalue weighted by Gasteiger charge is 2.27. The van der Waals surface area contributed by atoms with Crippen LogP contribution in [-0.2, 0) is 4.79 Å². The third-order valence-corrected chi connectivity index (χ3v) is 4.59. The smallest absolute Gasteiger partial charge is 0.305 e. The molecule has 0 aliphatic heterocycles. The maximum absolute atomic E-state index is 11.0. The number of hydrogen-bond donors (Lipinski definition) is 2. The lowest BCUT2D eigenvalue weighted by Gasteiger charge is -2.39. The number of aliphatic carboxylic acids is 1. The van der Waals surface area contributed by atoms with E-state index in [1.54, 1.807) is 0 Å². The number of hydrogen-bond acceptors (Lipinski definition) is 3. The average Bonchev–Trinajstić information content (AvgIpc) is 2.49. The van der Waals surface area contributed by atoms with E-state index in [0.29, 0.717) is 12.6 Å². The molecule has 0 radical (unpaired) electrons. The van der Waals surface area contributed by atoms with Gasteiger partial charge in [-0.05, 0) is 30.9 Å². The van der Waals surface area contributed by atoms with Crippen LogP contribution in [-0.4, -0.2) is 23.7 Å². The fraction of sp³-hybridized carbons (Fsp3) is 0.588. The van der Waals surface area contributed by atoms with Gasteiger partial charge in [-0.15, -0.1) is 0 Å². The Bertz CT molecular complexity index is 476. The van der Waals surface area contributed by atoms with E-state index in [4.69, 9.17) is 10.8 Å². The summed E-state index contributed by atoms with van der Waals surface area (Å²) in [6, 6.07) is 8.20. The lowest BCUT2D eigenvalue weighted by Crippen LogP contribution is -2.40. The predicted octanol–water partition coefficient (Wildman–Crippen LogP) is 3.52. The van der Waals surface area contributed by atoms with Crippen LogP contribution in [0, 0.1) is 5.92 Å². The van der Waals surface area contributed by atoms with E-state index in [0.717, 1.165) is 30.1 Å². The largest absolute Gasteiger partial charge is 0.481 e. The summed E-state index contributed by atoms with van der Waals surface area (Å²) in [4.78, 5) is 13.2. The summed E-state index contributed by atoms with van der Waals surface area (Å²) < 4.78 is 0. The second kappa shape index (κ2) is 7.34. The van der Waals surface area contributed by atoms with Crippen LogP contribution in [0.5, 0.6) is 0 Å². The van der Waals surface area contributed by atoms with Crippen LogP contribution in [0.2, 0.25) is 0 Å². The Morgan fingerprint density at radius 1 is 1.38 bits per heavy atom. The normalized spacial score (nSPS) is 22.0. The predicted molar refractivity (Wildman–Crippen MR) is 86.5 cm³/mol. The first kappa shape index (κ1) is 15.7. The average molecular weight is 290 g/mol. The van der Waals surface area contributed by atoms with Crippen LogP contribution in [0.15, 0.2) is 24.3 Å². The van der Waals surface area contributed by atoms with Crippen molar-refractivity contribution in [1.29, 1.82) is 0 Å². The van der Waals surface area contributed by atoms with Crippen LogP contribution in [0.25, 0.3) is 0 Å². The molecule has 1 aliphatic carbocycles. The number of carboxylic acid groups (broad SMARTS) is 1. The number of rotatable bonds is 6. The van der Waals surface area contributed by atoms with Gasteiger partial charge in [-0.3, -0.25) is 4.79 Å². The number of anilines is 2. The van der Waals surface area contributed by atoms with Crippen molar-refractivity contribution in [3.05, 3.63) is 24.3 Å². The highest BCUT2D eigenvalue weighted by Crippen LogP contribution is 2.34. The molecule has 21 heavy (non-hydrogen) atoms. The van der Waals surface area contributed by atoms with Crippen molar-refractivity contribution >= 4 is 17.3 Å². The molecule has 4 heteroatoms. The highest BCUT2D eigenvalue weighted by atomic mass is 16.4. The first-order valence-electron chi connectivity index (χ1n) is 7.94. The lowest BCUT2D eigenvalue weighted by molar-refractivity contribution is -0.136. The van der Waals surface area contributed by atoms with Crippen LogP contribution in [0.4, 0.5) is 11.4 Å². The van der Waals surface area contributed by atoms with Crippen molar-refractivity contribution in [3.8, 4) is 0 Å². The molecule has 2 rings (SSSR count). The Balaban J connectivity index is 2.19. The molecule has 0 aromatic heterocycles. The van der Waals surface area contributed by atoms with Crippen molar-refractivity contribution in [3.63, 3.8) is 0 Å². The van der Waals surface area contributed by atoms with Gasteiger partial charge in [0.1, 0.15) is 0 Å². The van der Waals surface area contributed by atoms with Crippen molar-refractivity contribution in [1.82, 2.24) is 0 Å². The molecule has 116 valence electrons. The van der Waals surface area contributed by atoms with Crippen molar-refractivity contribution in [2.24, 2.45) is 5.92 Å². The van der Waals surface area contributed by atoms with E-state index in [1.807, 2.05) is 24.3 Å². The van der Waals surface area contributed by atoms with Gasteiger partial charge >= 0.3 is 5.97 Å². The number of nitrogens with zero attached hydrogens (tertiary/aromatic N) is 1. The number of nitrogens with two attached hydrogens (primary N) is 1. The molecule has 1 saturated carbocycles. The van der Waals surface area contributed by atoms with Gasteiger partial charge in [0.2, 0.25) is 0 Å². The minimum absolute atomic E-state index is 0.154. The molecule has 0 spiro atoms. The van der Waals surface area contributed by atoms with E-state index < -0.39 is 5.97 Å². The monoisotopic (exact) mass is 290 g/mol. The number of carbonyl (C=O) groups is 1. The molecule has 1 aromatic carbocycles. The molecule has 0 amide bonds. The Labute approximate surface area is 126 Å². The number of carboxylic acids is 1. The summed E-state index contributed by atoms with van der Waals surface area (Å²) in [6.45, 7) is 2.77. The molecule has 1 fully saturated rings. The second-order valence-electron chi connectivity index (χ2n) is 5.99. The number of benzene rings is 1. The van der Waals surface area contributed by atoms with E-state index in [2.05, 4.69) is 11.8 Å². The Kier molecular flexibility index (Phi) is 5.48. The zero-order valence-corrected chi connectivity index (χ0v) is 12.8. The standard InChI is InChI=1S/C17H26N2O2/c1-2-13-6-5-7-14(12-13)19(11-10-17(20)21)16-9-4-3-8-15(16)18/h3-4,8-9,13-14H,2,5-7,10-12,18H2,1H3,(H,20,21). The maximum Gasteiger partial charge on any atom is 0.305 e. The molecular formula is C17H26N2O2. The molecule has 2 atom stereocenters. The second-order valence-corrected chi connectivity index (χ2v) is 5.99. The fourth-order valence-corrected chi connectivity index (χ4v) is 3.38. The maximum atomic E-state index is 11.0. The lowest BCUT2D eigenvalue weighted by atomic mass is 9.83. The van der Waals surface area contributed by atoms with E-state index >= 15 is 0 Å². The van der Waals surface area contributed by atoms with Gasteiger partial charge in [0.15, 0.2) is 0 Å². The van der Waals surface area contributed by atoms with Gasteiger partial charge in [-0.2, -0.15) is 0 Å². The molecule has 0 heterocycles. The van der Waals surface area contributed by atoms with Gasteiger partial charge in [0.05, 0.1) is 17.8 Å². The Hall–Kier alpha value is -1.71. The van der Waals surface area contributed by atoms with Crippen molar-refractivity contribution < 1.29 is 9.90 Å². The van der Waals surface area contributed by atoms with Gasteiger partial charge in [-0.1, -0.05) is 38.3 Å². The molecule has 0 bridgehead atoms. The summed E-state index contributed by atoms with van der Waals surface area (Å²) in [7, 11) is 0. The number of para-hydroxylation sites is 2. The summed E-state index contributed by atoms with van der Waals surface area (Å²) in [5.74, 6) is -0.00151. The summed E-state index contributed by atoms with van der Waals surface area (Å²) in [5, 5.41) is 9.02. The third-order valence-electron chi connectivity index (χ3n) is 4.59. The van der Waals surface area contributed by atoms with Gasteiger partial charge in [-0.25, -0.2) is 0 Å². The minimum atomic E-state index is -0.752. The van der Waals surface area contributed by atoms with Gasteiger partial charge < -0.3 is 15.7 Å². The van der Waals surface area contributed by atoms with Crippen LogP contribution < -0.4 is 10.6 Å². The van der Waals surface area contributed by atoms with Crippen molar-refractivity contribution in [2.75, 3.05) is 17.2 Å². The Morgan fingerprint density at radius 3 is 2.81 bits per heavy atom. The summed E-state index contributed by atoms with van der Waals surface area (Å²) >= 11 is 0. The zero-order chi connectivity index (χ0) is 15.2. The van der Waals surface area contributed by atoms with Gasteiger partial charge in [0, 0.05) is 12.6 Å². The first-order valence-corrected chi connectivity index (χ1v) is 7.94. The van der Waals surface area contributed by atoms with Crippen LogP contribution in [0.3, 0.4) is 0 Å². The van der Waals surface area contributed by atoms with E-state index in [-0.39, 0.29) is 6.42 Å². The third kappa shape index (κ3) is 4.13. The van der Waals surface area contributed by atoms with E-state index in [9.17, 15) is 4.79 Å². The van der Waals surface area contributed by atoms with E-state index in [1.165, 1.54) is 19.3 Å². The molecule has 0 saturated heterocycles. The molecule has 4 nitrogen and oxygen atoms in total. The number of nitrogen functional groups attached to an aromatic ring is 1. The molecule has 2 unspecified atom stereocenters.